The summed E-state index contributed by atoms with van der Waals surface area (Å²) in [6.07, 6.45) is -7.57. The molecule has 0 aliphatic carbocycles. The van der Waals surface area contributed by atoms with Crippen LogP contribution in [0.2, 0.25) is 0 Å². The van der Waals surface area contributed by atoms with Crippen molar-refractivity contribution in [2.75, 3.05) is 0 Å². The van der Waals surface area contributed by atoms with Gasteiger partial charge in [-0.3, -0.25) is 14.1 Å². The first-order valence-electron chi connectivity index (χ1n) is 4.49. The Labute approximate surface area is 120 Å². The summed E-state index contributed by atoms with van der Waals surface area (Å²) in [5.41, 5.74) is 0. The van der Waals surface area contributed by atoms with Crippen LogP contribution < -0.4 is 4.72 Å². The Morgan fingerprint density at radius 1 is 1.00 bits per heavy atom. The van der Waals surface area contributed by atoms with Gasteiger partial charge in [-0.05, 0) is 0 Å². The van der Waals surface area contributed by atoms with Crippen molar-refractivity contribution < 1.29 is 57.3 Å². The number of hydrogen-bond acceptors (Lipinski definition) is 4. The third-order valence-electron chi connectivity index (χ3n) is 1.71. The van der Waals surface area contributed by atoms with Crippen molar-refractivity contribution in [1.82, 2.24) is 4.72 Å². The molecule has 0 spiro atoms. The van der Waals surface area contributed by atoms with Crippen molar-refractivity contribution in [3.8, 4) is 0 Å². The van der Waals surface area contributed by atoms with Crippen LogP contribution in [-0.2, 0) is 14.9 Å². The van der Waals surface area contributed by atoms with E-state index in [2.05, 4.69) is 0 Å². The van der Waals surface area contributed by atoms with Gasteiger partial charge in [-0.15, -0.1) is 0 Å². The maximum absolute atomic E-state index is 12.9. The largest absolute Gasteiger partial charge is 0.439 e. The quantitative estimate of drug-likeness (QED) is 0.414. The maximum Gasteiger partial charge on any atom is 0.439 e. The minimum absolute atomic E-state index is 0.527. The highest BCUT2D eigenvalue weighted by molar-refractivity contribution is 7.99. The predicted octanol–water partition coefficient (Wildman–Crippen LogP) is 2.41. The topological polar surface area (TPSA) is 83.5 Å². The van der Waals surface area contributed by atoms with Crippen molar-refractivity contribution in [2.45, 2.75) is 29.0 Å². The zero-order chi connectivity index (χ0) is 18.2. The summed E-state index contributed by atoms with van der Waals surface area (Å²) in [4.78, 5) is 10.5. The molecule has 0 radical (unpaired) electrons. The van der Waals surface area contributed by atoms with E-state index in [1.165, 1.54) is 0 Å². The molecule has 0 heterocycles. The standard InChI is InChI=1S/C6H4F9NO4S2/c7-3(8,9)1-2(17)16-21-5(12,13)4(10,11)6(14,15)22(18,19)20/h1H2,(H,16,17)(H,18,19,20). The molecule has 0 rings (SSSR count). The molecule has 0 bridgehead atoms. The molecule has 5 nitrogen and oxygen atoms in total. The molecular weight excluding hydrogens is 385 g/mol. The van der Waals surface area contributed by atoms with Gasteiger partial charge in [0.1, 0.15) is 6.42 Å². The summed E-state index contributed by atoms with van der Waals surface area (Å²) in [6, 6.07) is 0. The Bertz CT molecular complexity index is 529. The molecule has 0 aliphatic rings. The molecule has 132 valence electrons. The molecule has 0 aromatic carbocycles. The van der Waals surface area contributed by atoms with E-state index < -0.39 is 57.0 Å². The number of rotatable bonds is 6. The van der Waals surface area contributed by atoms with Crippen molar-refractivity contribution in [3.05, 3.63) is 0 Å². The Balaban J connectivity index is 5.20. The molecule has 0 aromatic rings. The number of carbonyl (C=O) groups excluding carboxylic acids is 1. The van der Waals surface area contributed by atoms with Crippen molar-refractivity contribution >= 4 is 28.0 Å². The number of nitrogens with one attached hydrogen (secondary N) is 1. The highest BCUT2D eigenvalue weighted by atomic mass is 32.2. The van der Waals surface area contributed by atoms with E-state index >= 15 is 0 Å². The van der Waals surface area contributed by atoms with Crippen LogP contribution in [0.25, 0.3) is 0 Å². The smallest absolute Gasteiger partial charge is 0.295 e. The van der Waals surface area contributed by atoms with Gasteiger partial charge in [0.15, 0.2) is 0 Å². The second-order valence-electron chi connectivity index (χ2n) is 3.50. The van der Waals surface area contributed by atoms with Crippen molar-refractivity contribution in [2.24, 2.45) is 0 Å². The molecule has 1 amide bonds. The summed E-state index contributed by atoms with van der Waals surface area (Å²) in [5, 5.41) is -12.7. The number of amides is 1. The molecule has 16 heteroatoms. The van der Waals surface area contributed by atoms with Gasteiger partial charge in [-0.2, -0.15) is 47.9 Å². The fraction of sp³-hybridized carbons (Fsp3) is 0.833. The van der Waals surface area contributed by atoms with Gasteiger partial charge in [0.2, 0.25) is 5.91 Å². The molecule has 0 saturated carbocycles. The zero-order valence-electron chi connectivity index (χ0n) is 9.60. The second-order valence-corrected chi connectivity index (χ2v) is 5.89. The molecule has 0 aromatic heterocycles. The average Bonchev–Trinajstić information content (AvgIpc) is 2.22. The third-order valence-corrected chi connectivity index (χ3v) is 3.46. The number of carbonyl (C=O) groups is 1. The van der Waals surface area contributed by atoms with Gasteiger partial charge in [0.05, 0.1) is 0 Å². The minimum atomic E-state index is -6.98. The van der Waals surface area contributed by atoms with Gasteiger partial charge in [-0.25, -0.2) is 0 Å². The minimum Gasteiger partial charge on any atom is -0.295 e. The van der Waals surface area contributed by atoms with E-state index in [1.54, 1.807) is 0 Å². The first kappa shape index (κ1) is 21.1. The van der Waals surface area contributed by atoms with Crippen LogP contribution in [0.5, 0.6) is 0 Å². The normalized spacial score (nSPS) is 14.8. The van der Waals surface area contributed by atoms with Crippen molar-refractivity contribution in [1.29, 1.82) is 0 Å². The van der Waals surface area contributed by atoms with Gasteiger partial charge in [0.25, 0.3) is 0 Å². The Morgan fingerprint density at radius 2 is 1.41 bits per heavy atom. The van der Waals surface area contributed by atoms with Crippen LogP contribution in [-0.4, -0.2) is 41.5 Å². The van der Waals surface area contributed by atoms with E-state index in [4.69, 9.17) is 4.55 Å². The summed E-state index contributed by atoms with van der Waals surface area (Å²) < 4.78 is 140. The van der Waals surface area contributed by atoms with Gasteiger partial charge in [0, 0.05) is 11.9 Å². The van der Waals surface area contributed by atoms with Crippen LogP contribution in [0.15, 0.2) is 0 Å². The zero-order valence-corrected chi connectivity index (χ0v) is 11.2. The molecule has 0 atom stereocenters. The lowest BCUT2D eigenvalue weighted by Gasteiger charge is -2.29. The molecular formula is C6H4F9NO4S2. The average molecular weight is 389 g/mol. The highest BCUT2D eigenvalue weighted by Gasteiger charge is 2.78. The van der Waals surface area contributed by atoms with E-state index in [1.807, 2.05) is 0 Å². The molecule has 22 heavy (non-hydrogen) atoms. The van der Waals surface area contributed by atoms with Crippen LogP contribution in [0, 0.1) is 0 Å². The van der Waals surface area contributed by atoms with Crippen LogP contribution in [0.3, 0.4) is 0 Å². The van der Waals surface area contributed by atoms with Crippen LogP contribution in [0.1, 0.15) is 6.42 Å². The van der Waals surface area contributed by atoms with Crippen LogP contribution >= 0.6 is 11.9 Å². The SMILES string of the molecule is O=C(CC(F)(F)F)NSC(F)(F)C(F)(F)C(F)(F)S(=O)(=O)O. The van der Waals surface area contributed by atoms with Crippen molar-refractivity contribution in [3.63, 3.8) is 0 Å². The second kappa shape index (κ2) is 5.95. The predicted molar refractivity (Wildman–Crippen MR) is 52.8 cm³/mol. The molecule has 0 saturated heterocycles. The highest BCUT2D eigenvalue weighted by Crippen LogP contribution is 2.52. The Hall–Kier alpha value is -0.900. The van der Waals surface area contributed by atoms with E-state index in [0.717, 1.165) is 0 Å². The monoisotopic (exact) mass is 389 g/mol. The third kappa shape index (κ3) is 4.55. The molecule has 0 unspecified atom stereocenters. The molecule has 2 N–H and O–H groups in total. The Morgan fingerprint density at radius 3 is 1.73 bits per heavy atom. The lowest BCUT2D eigenvalue weighted by atomic mass is 10.3. The van der Waals surface area contributed by atoms with E-state index in [-0.39, 0.29) is 0 Å². The summed E-state index contributed by atoms with van der Waals surface area (Å²) in [6.45, 7) is 0. The Kier molecular flexibility index (Phi) is 5.71. The first-order valence-corrected chi connectivity index (χ1v) is 6.75. The van der Waals surface area contributed by atoms with E-state index in [9.17, 15) is 52.7 Å². The lowest BCUT2D eigenvalue weighted by molar-refractivity contribution is -0.242. The summed E-state index contributed by atoms with van der Waals surface area (Å²) >= 11 is -1.86. The van der Waals surface area contributed by atoms with Gasteiger partial charge >= 0.3 is 32.7 Å². The number of alkyl halides is 9. The molecule has 0 fully saturated rings. The van der Waals surface area contributed by atoms with Gasteiger partial charge in [-0.1, -0.05) is 0 Å². The molecule has 0 aliphatic heterocycles. The number of halogens is 9. The fourth-order valence-corrected chi connectivity index (χ4v) is 1.82. The van der Waals surface area contributed by atoms with E-state index in [0.29, 0.717) is 4.72 Å². The fourth-order valence-electron chi connectivity index (χ4n) is 0.735. The number of hydrogen-bond donors (Lipinski definition) is 2. The van der Waals surface area contributed by atoms with Crippen LogP contribution in [0.4, 0.5) is 39.5 Å². The maximum atomic E-state index is 12.9. The van der Waals surface area contributed by atoms with Gasteiger partial charge < -0.3 is 0 Å². The first-order chi connectivity index (χ1) is 9.35. The summed E-state index contributed by atoms with van der Waals surface area (Å²) in [7, 11) is -6.98. The summed E-state index contributed by atoms with van der Waals surface area (Å²) in [5.74, 6) is -9.02. The lowest BCUT2D eigenvalue weighted by Crippen LogP contribution is -2.57.